The minimum absolute atomic E-state index is 0.00435. The lowest BCUT2D eigenvalue weighted by Crippen LogP contribution is -2.13. The minimum Gasteiger partial charge on any atom is -0.410 e. The Morgan fingerprint density at radius 3 is 2.38 bits per heavy atom. The van der Waals surface area contributed by atoms with E-state index in [0.29, 0.717) is 12.8 Å². The van der Waals surface area contributed by atoms with E-state index in [9.17, 15) is 13.2 Å². The van der Waals surface area contributed by atoms with Gasteiger partial charge in [-0.15, -0.1) is 13.2 Å². The van der Waals surface area contributed by atoms with Crippen LogP contribution in [0, 0.1) is 0 Å². The molecule has 1 aliphatic carbocycles. The third-order valence-corrected chi connectivity index (χ3v) is 1.90. The van der Waals surface area contributed by atoms with E-state index in [0.717, 1.165) is 12.0 Å². The van der Waals surface area contributed by atoms with E-state index < -0.39 is 6.36 Å². The first-order chi connectivity index (χ1) is 6.01. The van der Waals surface area contributed by atoms with E-state index in [-0.39, 0.29) is 5.76 Å². The van der Waals surface area contributed by atoms with E-state index in [1.54, 1.807) is 6.08 Å². The van der Waals surface area contributed by atoms with Crippen molar-refractivity contribution < 1.29 is 17.9 Å². The van der Waals surface area contributed by atoms with Gasteiger partial charge in [0, 0.05) is 6.42 Å². The summed E-state index contributed by atoms with van der Waals surface area (Å²) in [5, 5.41) is 0. The van der Waals surface area contributed by atoms with Gasteiger partial charge in [0.25, 0.3) is 0 Å². The summed E-state index contributed by atoms with van der Waals surface area (Å²) in [5.41, 5.74) is 1.16. The van der Waals surface area contributed by atoms with Gasteiger partial charge in [0.2, 0.25) is 0 Å². The summed E-state index contributed by atoms with van der Waals surface area (Å²) in [6.07, 6.45) is 0.442. The number of ether oxygens (including phenoxy) is 1. The van der Waals surface area contributed by atoms with Crippen LogP contribution in [-0.4, -0.2) is 6.36 Å². The maximum absolute atomic E-state index is 11.7. The summed E-state index contributed by atoms with van der Waals surface area (Å²) in [6, 6.07) is 0. The molecule has 0 radical (unpaired) electrons. The lowest BCUT2D eigenvalue weighted by Gasteiger charge is -2.15. The first-order valence-electron chi connectivity index (χ1n) is 4.15. The summed E-state index contributed by atoms with van der Waals surface area (Å²) in [7, 11) is 0. The molecular weight excluding hydrogens is 181 g/mol. The van der Waals surface area contributed by atoms with Gasteiger partial charge < -0.3 is 4.74 Å². The van der Waals surface area contributed by atoms with Gasteiger partial charge in [0.05, 0.1) is 0 Å². The number of halogens is 3. The van der Waals surface area contributed by atoms with E-state index in [1.165, 1.54) is 6.08 Å². The fourth-order valence-electron chi connectivity index (χ4n) is 1.19. The van der Waals surface area contributed by atoms with Crippen LogP contribution in [0.1, 0.15) is 26.2 Å². The zero-order valence-electron chi connectivity index (χ0n) is 7.32. The largest absolute Gasteiger partial charge is 0.572 e. The molecular formula is C9H11F3O. The average Bonchev–Trinajstić information content (AvgIpc) is 2.03. The molecule has 0 spiro atoms. The number of hydrogen-bond donors (Lipinski definition) is 0. The van der Waals surface area contributed by atoms with Crippen LogP contribution < -0.4 is 0 Å². The maximum Gasteiger partial charge on any atom is 0.572 e. The van der Waals surface area contributed by atoms with Gasteiger partial charge in [0.15, 0.2) is 0 Å². The first kappa shape index (κ1) is 10.2. The number of alkyl halides is 3. The Bertz CT molecular complexity index is 238. The molecule has 0 aromatic rings. The van der Waals surface area contributed by atoms with Crippen molar-refractivity contribution in [3.8, 4) is 0 Å². The van der Waals surface area contributed by atoms with E-state index in [2.05, 4.69) is 4.74 Å². The van der Waals surface area contributed by atoms with Crippen molar-refractivity contribution in [1.82, 2.24) is 0 Å². The molecule has 74 valence electrons. The van der Waals surface area contributed by atoms with Crippen molar-refractivity contribution in [3.63, 3.8) is 0 Å². The Morgan fingerprint density at radius 1 is 1.31 bits per heavy atom. The standard InChI is InChI=1S/C9H11F3O/c1-2-7-3-5-8(6-4-7)13-9(10,11)12/h3,5H,2,4,6H2,1H3. The lowest BCUT2D eigenvalue weighted by atomic mass is 10.0. The van der Waals surface area contributed by atoms with Crippen LogP contribution in [0.15, 0.2) is 23.5 Å². The molecule has 0 fully saturated rings. The molecule has 0 N–H and O–H groups in total. The van der Waals surface area contributed by atoms with Crippen LogP contribution in [0.5, 0.6) is 0 Å². The maximum atomic E-state index is 11.7. The molecule has 0 amide bonds. The fourth-order valence-corrected chi connectivity index (χ4v) is 1.19. The molecule has 0 saturated carbocycles. The average molecular weight is 192 g/mol. The van der Waals surface area contributed by atoms with Crippen LogP contribution >= 0.6 is 0 Å². The van der Waals surface area contributed by atoms with Gasteiger partial charge in [-0.1, -0.05) is 18.6 Å². The second-order valence-electron chi connectivity index (χ2n) is 2.86. The van der Waals surface area contributed by atoms with Gasteiger partial charge in [-0.05, 0) is 18.9 Å². The van der Waals surface area contributed by atoms with E-state index in [4.69, 9.17) is 0 Å². The minimum atomic E-state index is -4.55. The Morgan fingerprint density at radius 2 is 2.00 bits per heavy atom. The van der Waals surface area contributed by atoms with E-state index in [1.807, 2.05) is 6.92 Å². The molecule has 4 heteroatoms. The molecule has 13 heavy (non-hydrogen) atoms. The van der Waals surface area contributed by atoms with Gasteiger partial charge >= 0.3 is 6.36 Å². The summed E-state index contributed by atoms with van der Waals surface area (Å²) in [6.45, 7) is 1.98. The highest BCUT2D eigenvalue weighted by Gasteiger charge is 2.32. The highest BCUT2D eigenvalue weighted by atomic mass is 19.4. The fraction of sp³-hybridized carbons (Fsp3) is 0.556. The highest BCUT2D eigenvalue weighted by molar-refractivity contribution is 5.20. The third kappa shape index (κ3) is 3.53. The second kappa shape index (κ2) is 3.85. The topological polar surface area (TPSA) is 9.23 Å². The van der Waals surface area contributed by atoms with Gasteiger partial charge in [0.1, 0.15) is 5.76 Å². The van der Waals surface area contributed by atoms with Crippen molar-refractivity contribution in [2.24, 2.45) is 0 Å². The molecule has 0 heterocycles. The Kier molecular flexibility index (Phi) is 3.01. The summed E-state index contributed by atoms with van der Waals surface area (Å²) >= 11 is 0. The second-order valence-corrected chi connectivity index (χ2v) is 2.86. The SMILES string of the molecule is CCC1=CC=C(OC(F)(F)F)CC1. The highest BCUT2D eigenvalue weighted by Crippen LogP contribution is 2.27. The summed E-state index contributed by atoms with van der Waals surface area (Å²) in [4.78, 5) is 0. The molecule has 0 saturated heterocycles. The van der Waals surface area contributed by atoms with Crippen molar-refractivity contribution in [2.45, 2.75) is 32.5 Å². The number of allylic oxidation sites excluding steroid dienone is 4. The molecule has 0 aromatic carbocycles. The number of hydrogen-bond acceptors (Lipinski definition) is 1. The van der Waals surface area contributed by atoms with Gasteiger partial charge in [-0.25, -0.2) is 0 Å². The zero-order valence-corrected chi connectivity index (χ0v) is 7.32. The molecule has 0 unspecified atom stereocenters. The summed E-state index contributed by atoms with van der Waals surface area (Å²) in [5.74, 6) is 0.00435. The van der Waals surface area contributed by atoms with Gasteiger partial charge in [-0.2, -0.15) is 0 Å². The molecule has 0 bridgehead atoms. The molecule has 0 aliphatic heterocycles. The van der Waals surface area contributed by atoms with Crippen LogP contribution in [0.2, 0.25) is 0 Å². The quantitative estimate of drug-likeness (QED) is 0.650. The number of rotatable bonds is 2. The molecule has 1 nitrogen and oxygen atoms in total. The molecule has 1 rings (SSSR count). The molecule has 1 aliphatic rings. The predicted octanol–water partition coefficient (Wildman–Crippen LogP) is 3.54. The molecule has 0 aromatic heterocycles. The zero-order chi connectivity index (χ0) is 9.90. The van der Waals surface area contributed by atoms with E-state index >= 15 is 0 Å². The Balaban J connectivity index is 2.55. The lowest BCUT2D eigenvalue weighted by molar-refractivity contribution is -0.306. The van der Waals surface area contributed by atoms with Crippen LogP contribution in [0.4, 0.5) is 13.2 Å². The van der Waals surface area contributed by atoms with Crippen LogP contribution in [-0.2, 0) is 4.74 Å². The molecule has 0 atom stereocenters. The van der Waals surface area contributed by atoms with Gasteiger partial charge in [-0.3, -0.25) is 0 Å². The first-order valence-corrected chi connectivity index (χ1v) is 4.15. The Labute approximate surface area is 74.9 Å². The van der Waals surface area contributed by atoms with Crippen molar-refractivity contribution in [3.05, 3.63) is 23.5 Å². The normalized spacial score (nSPS) is 17.8. The van der Waals surface area contributed by atoms with Crippen LogP contribution in [0.3, 0.4) is 0 Å². The predicted molar refractivity (Wildman–Crippen MR) is 42.8 cm³/mol. The third-order valence-electron chi connectivity index (χ3n) is 1.90. The van der Waals surface area contributed by atoms with Crippen molar-refractivity contribution in [1.29, 1.82) is 0 Å². The summed E-state index contributed by atoms with van der Waals surface area (Å²) < 4.78 is 39.0. The van der Waals surface area contributed by atoms with Crippen LogP contribution in [0.25, 0.3) is 0 Å². The van der Waals surface area contributed by atoms with Crippen molar-refractivity contribution in [2.75, 3.05) is 0 Å². The monoisotopic (exact) mass is 192 g/mol. The smallest absolute Gasteiger partial charge is 0.410 e. The Hall–Kier alpha value is -0.930. The van der Waals surface area contributed by atoms with Crippen molar-refractivity contribution >= 4 is 0 Å².